The molecule has 0 fully saturated rings. The van der Waals surface area contributed by atoms with E-state index in [9.17, 15) is 9.90 Å². The van der Waals surface area contributed by atoms with Crippen LogP contribution in [0.25, 0.3) is 0 Å². The molecule has 0 heterocycles. The van der Waals surface area contributed by atoms with Crippen LogP contribution in [0.1, 0.15) is 36.7 Å². The molecule has 0 aromatic heterocycles. The molecule has 0 atom stereocenters. The molecule has 0 amide bonds. The van der Waals surface area contributed by atoms with Gasteiger partial charge < -0.3 is 5.11 Å². The standard InChI is InChI=1S/C13H16O2/c1-4-5-12(14)10-6-8-11(9-7-10)13(2,3)15/h4-9,15H,1-3H3/b5-4+. The number of aliphatic hydroxyl groups is 1. The van der Waals surface area contributed by atoms with Crippen LogP contribution in [0.2, 0.25) is 0 Å². The van der Waals surface area contributed by atoms with Gasteiger partial charge in [-0.3, -0.25) is 4.79 Å². The Labute approximate surface area is 90.3 Å². The monoisotopic (exact) mass is 204 g/mol. The molecule has 1 aromatic rings. The number of hydrogen-bond acceptors (Lipinski definition) is 2. The number of hydrogen-bond donors (Lipinski definition) is 1. The molecule has 80 valence electrons. The number of ketones is 1. The van der Waals surface area contributed by atoms with Crippen LogP contribution in [0.15, 0.2) is 36.4 Å². The smallest absolute Gasteiger partial charge is 0.185 e. The van der Waals surface area contributed by atoms with Gasteiger partial charge >= 0.3 is 0 Å². The van der Waals surface area contributed by atoms with E-state index < -0.39 is 5.60 Å². The van der Waals surface area contributed by atoms with Crippen molar-refractivity contribution in [1.82, 2.24) is 0 Å². The van der Waals surface area contributed by atoms with E-state index >= 15 is 0 Å². The maximum absolute atomic E-state index is 11.5. The molecule has 0 saturated carbocycles. The molecule has 2 heteroatoms. The van der Waals surface area contributed by atoms with E-state index in [4.69, 9.17) is 0 Å². The third-order valence-corrected chi connectivity index (χ3v) is 2.19. The van der Waals surface area contributed by atoms with Crippen molar-refractivity contribution < 1.29 is 9.90 Å². The zero-order valence-corrected chi connectivity index (χ0v) is 9.32. The van der Waals surface area contributed by atoms with Crippen LogP contribution in [0.5, 0.6) is 0 Å². The van der Waals surface area contributed by atoms with E-state index in [-0.39, 0.29) is 5.78 Å². The second-order valence-corrected chi connectivity index (χ2v) is 4.00. The van der Waals surface area contributed by atoms with Gasteiger partial charge in [-0.2, -0.15) is 0 Å². The molecule has 0 unspecified atom stereocenters. The van der Waals surface area contributed by atoms with E-state index in [0.717, 1.165) is 5.56 Å². The Bertz CT molecular complexity index is 367. The van der Waals surface area contributed by atoms with Crippen LogP contribution >= 0.6 is 0 Å². The molecule has 0 bridgehead atoms. The van der Waals surface area contributed by atoms with E-state index in [1.165, 1.54) is 6.08 Å². The van der Waals surface area contributed by atoms with Gasteiger partial charge in [-0.25, -0.2) is 0 Å². The lowest BCUT2D eigenvalue weighted by Crippen LogP contribution is -2.15. The second-order valence-electron chi connectivity index (χ2n) is 4.00. The second kappa shape index (κ2) is 4.41. The van der Waals surface area contributed by atoms with Crippen molar-refractivity contribution in [3.05, 3.63) is 47.5 Å². The highest BCUT2D eigenvalue weighted by Crippen LogP contribution is 2.19. The zero-order chi connectivity index (χ0) is 11.5. The topological polar surface area (TPSA) is 37.3 Å². The molecule has 0 saturated heterocycles. The van der Waals surface area contributed by atoms with Crippen LogP contribution < -0.4 is 0 Å². The number of carbonyl (C=O) groups is 1. The number of benzene rings is 1. The maximum Gasteiger partial charge on any atom is 0.185 e. The predicted molar refractivity (Wildman–Crippen MR) is 60.8 cm³/mol. The van der Waals surface area contributed by atoms with Gasteiger partial charge in [0.05, 0.1) is 5.60 Å². The summed E-state index contributed by atoms with van der Waals surface area (Å²) >= 11 is 0. The molecule has 1 N–H and O–H groups in total. The molecule has 1 rings (SSSR count). The SMILES string of the molecule is C/C=C/C(=O)c1ccc(C(C)(C)O)cc1. The zero-order valence-electron chi connectivity index (χ0n) is 9.32. The highest BCUT2D eigenvalue weighted by molar-refractivity contribution is 6.04. The minimum absolute atomic E-state index is 0.0141. The van der Waals surface area contributed by atoms with Crippen LogP contribution in [-0.2, 0) is 5.60 Å². The largest absolute Gasteiger partial charge is 0.386 e. The van der Waals surface area contributed by atoms with Crippen LogP contribution in [-0.4, -0.2) is 10.9 Å². The Kier molecular flexibility index (Phi) is 3.43. The summed E-state index contributed by atoms with van der Waals surface area (Å²) in [5, 5.41) is 9.72. The first kappa shape index (κ1) is 11.7. The number of carbonyl (C=O) groups excluding carboxylic acids is 1. The summed E-state index contributed by atoms with van der Waals surface area (Å²) in [4.78, 5) is 11.5. The van der Waals surface area contributed by atoms with Crippen molar-refractivity contribution in [2.75, 3.05) is 0 Å². The first-order valence-electron chi connectivity index (χ1n) is 4.95. The minimum Gasteiger partial charge on any atom is -0.386 e. The van der Waals surface area contributed by atoms with Crippen molar-refractivity contribution in [3.8, 4) is 0 Å². The Morgan fingerprint density at radius 3 is 2.20 bits per heavy atom. The fraction of sp³-hybridized carbons (Fsp3) is 0.308. The van der Waals surface area contributed by atoms with E-state index in [1.54, 1.807) is 44.2 Å². The summed E-state index contributed by atoms with van der Waals surface area (Å²) in [5.41, 5.74) is 0.586. The highest BCUT2D eigenvalue weighted by atomic mass is 16.3. The Balaban J connectivity index is 2.95. The van der Waals surface area contributed by atoms with Crippen molar-refractivity contribution in [1.29, 1.82) is 0 Å². The highest BCUT2D eigenvalue weighted by Gasteiger charge is 2.15. The summed E-state index contributed by atoms with van der Waals surface area (Å²) in [6, 6.07) is 7.01. The lowest BCUT2D eigenvalue weighted by molar-refractivity contribution is 0.0785. The van der Waals surface area contributed by atoms with Crippen LogP contribution in [0, 0.1) is 0 Å². The van der Waals surface area contributed by atoms with Crippen LogP contribution in [0.3, 0.4) is 0 Å². The molecule has 0 radical (unpaired) electrons. The molecular weight excluding hydrogens is 188 g/mol. The molecule has 0 spiro atoms. The Hall–Kier alpha value is -1.41. The normalized spacial score (nSPS) is 12.0. The lowest BCUT2D eigenvalue weighted by atomic mass is 9.96. The Morgan fingerprint density at radius 1 is 1.27 bits per heavy atom. The predicted octanol–water partition coefficient (Wildman–Crippen LogP) is 2.67. The van der Waals surface area contributed by atoms with E-state index in [1.807, 2.05) is 6.92 Å². The van der Waals surface area contributed by atoms with Gasteiger partial charge in [-0.05, 0) is 32.4 Å². The van der Waals surface area contributed by atoms with Crippen molar-refractivity contribution >= 4 is 5.78 Å². The van der Waals surface area contributed by atoms with Gasteiger partial charge in [-0.15, -0.1) is 0 Å². The van der Waals surface area contributed by atoms with Gasteiger partial charge in [-0.1, -0.05) is 30.3 Å². The van der Waals surface area contributed by atoms with E-state index in [0.29, 0.717) is 5.56 Å². The van der Waals surface area contributed by atoms with Crippen molar-refractivity contribution in [2.45, 2.75) is 26.4 Å². The lowest BCUT2D eigenvalue weighted by Gasteiger charge is -2.17. The molecule has 1 aromatic carbocycles. The summed E-state index contributed by atoms with van der Waals surface area (Å²) in [6.45, 7) is 5.24. The first-order valence-corrected chi connectivity index (χ1v) is 4.95. The average molecular weight is 204 g/mol. The summed E-state index contributed by atoms with van der Waals surface area (Å²) in [6.07, 6.45) is 3.24. The number of rotatable bonds is 3. The third kappa shape index (κ3) is 3.03. The first-order chi connectivity index (χ1) is 6.95. The van der Waals surface area contributed by atoms with Gasteiger partial charge in [0.2, 0.25) is 0 Å². The molecular formula is C13H16O2. The van der Waals surface area contributed by atoms with Crippen molar-refractivity contribution in [3.63, 3.8) is 0 Å². The Morgan fingerprint density at radius 2 is 1.80 bits per heavy atom. The molecule has 0 aliphatic heterocycles. The molecule has 0 aliphatic carbocycles. The number of allylic oxidation sites excluding steroid dienone is 2. The fourth-order valence-electron chi connectivity index (χ4n) is 1.29. The maximum atomic E-state index is 11.5. The van der Waals surface area contributed by atoms with Crippen molar-refractivity contribution in [2.24, 2.45) is 0 Å². The van der Waals surface area contributed by atoms with Gasteiger partial charge in [0.1, 0.15) is 0 Å². The van der Waals surface area contributed by atoms with Gasteiger partial charge in [0.15, 0.2) is 5.78 Å². The molecule has 2 nitrogen and oxygen atoms in total. The summed E-state index contributed by atoms with van der Waals surface area (Å²) in [7, 11) is 0. The summed E-state index contributed by atoms with van der Waals surface area (Å²) in [5.74, 6) is -0.0141. The molecule has 0 aliphatic rings. The fourth-order valence-corrected chi connectivity index (χ4v) is 1.29. The van der Waals surface area contributed by atoms with Crippen LogP contribution in [0.4, 0.5) is 0 Å². The van der Waals surface area contributed by atoms with Gasteiger partial charge in [0.25, 0.3) is 0 Å². The third-order valence-electron chi connectivity index (χ3n) is 2.19. The average Bonchev–Trinajstić information content (AvgIpc) is 2.17. The van der Waals surface area contributed by atoms with E-state index in [2.05, 4.69) is 0 Å². The van der Waals surface area contributed by atoms with Gasteiger partial charge in [0, 0.05) is 5.56 Å². The quantitative estimate of drug-likeness (QED) is 0.607. The molecule has 15 heavy (non-hydrogen) atoms. The minimum atomic E-state index is -0.859. The summed E-state index contributed by atoms with van der Waals surface area (Å²) < 4.78 is 0.